The predicted molar refractivity (Wildman–Crippen MR) is 318 cm³/mol. The van der Waals surface area contributed by atoms with Crippen LogP contribution in [0, 0.1) is 0 Å². The van der Waals surface area contributed by atoms with Gasteiger partial charge in [0.2, 0.25) is 0 Å². The van der Waals surface area contributed by atoms with Gasteiger partial charge in [0.05, 0.1) is 39.1 Å². The summed E-state index contributed by atoms with van der Waals surface area (Å²) in [6.07, 6.45) is 46.5. The summed E-state index contributed by atoms with van der Waals surface area (Å²) in [5.41, 5.74) is 0. The number of nitrogens with zero attached hydrogens (tertiary/aromatic N) is 2. The van der Waals surface area contributed by atoms with E-state index in [2.05, 4.69) is 42.9 Å². The fourth-order valence-corrected chi connectivity index (χ4v) is 9.37. The highest BCUT2D eigenvalue weighted by molar-refractivity contribution is 5.70. The van der Waals surface area contributed by atoms with Gasteiger partial charge in [-0.15, -0.1) is 0 Å². The quantitative estimate of drug-likeness (QED) is 0.0354. The molecule has 0 fully saturated rings. The van der Waals surface area contributed by atoms with Crippen molar-refractivity contribution in [2.24, 2.45) is 0 Å². The summed E-state index contributed by atoms with van der Waals surface area (Å²) in [6.45, 7) is 18.9. The molecule has 0 saturated heterocycles. The Hall–Kier alpha value is -1.83. The molecule has 0 radical (unpaired) electrons. The van der Waals surface area contributed by atoms with Crippen LogP contribution in [0.1, 0.15) is 284 Å². The molecule has 0 rings (SSSR count). The van der Waals surface area contributed by atoms with Crippen molar-refractivity contribution < 1.29 is 42.8 Å². The monoisotopic (exact) mass is 1080 g/mol. The first-order chi connectivity index (χ1) is 37.4. The summed E-state index contributed by atoms with van der Waals surface area (Å²) < 4.78 is 34.2. The Morgan fingerprint density at radius 3 is 0.895 bits per heavy atom. The molecule has 0 unspecified atom stereocenters. The summed E-state index contributed by atoms with van der Waals surface area (Å²) >= 11 is 0. The first kappa shape index (κ1) is 74.2. The van der Waals surface area contributed by atoms with Crippen molar-refractivity contribution in [2.75, 3.05) is 112 Å². The van der Waals surface area contributed by atoms with E-state index < -0.39 is 0 Å². The lowest BCUT2D eigenvalue weighted by Crippen LogP contribution is -2.33. The first-order valence-electron chi connectivity index (χ1n) is 32.7. The summed E-state index contributed by atoms with van der Waals surface area (Å²) in [5, 5.41) is 3.40. The third kappa shape index (κ3) is 61.4. The number of nitrogens with one attached hydrogen (secondary N) is 1. The number of carbonyl (C=O) groups excluding carboxylic acids is 3. The Morgan fingerprint density at radius 1 is 0.289 bits per heavy atom. The molecule has 12 heteroatoms. The van der Waals surface area contributed by atoms with Crippen molar-refractivity contribution in [2.45, 2.75) is 284 Å². The van der Waals surface area contributed by atoms with E-state index in [4.69, 9.17) is 28.4 Å². The minimum Gasteiger partial charge on any atom is -0.466 e. The van der Waals surface area contributed by atoms with Gasteiger partial charge in [-0.1, -0.05) is 194 Å². The maximum atomic E-state index is 12.8. The van der Waals surface area contributed by atoms with E-state index in [9.17, 15) is 14.4 Å². The number of rotatable bonds is 65. The molecule has 0 heterocycles. The molecule has 0 spiro atoms. The van der Waals surface area contributed by atoms with Crippen LogP contribution in [0.5, 0.6) is 0 Å². The molecule has 0 atom stereocenters. The molecule has 0 aliphatic carbocycles. The molecular weight excluding hydrogens is 955 g/mol. The van der Waals surface area contributed by atoms with E-state index in [0.29, 0.717) is 58.7 Å². The maximum absolute atomic E-state index is 12.8. The zero-order valence-corrected chi connectivity index (χ0v) is 50.9. The number of hydrogen-bond donors (Lipinski definition) is 1. The molecule has 12 nitrogen and oxygen atoms in total. The Balaban J connectivity index is 4.28. The van der Waals surface area contributed by atoms with Gasteiger partial charge < -0.3 is 43.5 Å². The van der Waals surface area contributed by atoms with Crippen LogP contribution in [0.25, 0.3) is 0 Å². The van der Waals surface area contributed by atoms with Crippen LogP contribution in [-0.2, 0) is 42.8 Å². The second kappa shape index (κ2) is 64.0. The Morgan fingerprint density at radius 2 is 0.566 bits per heavy atom. The second-order valence-corrected chi connectivity index (χ2v) is 22.0. The predicted octanol–water partition coefficient (Wildman–Crippen LogP) is 15.5. The van der Waals surface area contributed by atoms with Crippen LogP contribution in [-0.4, -0.2) is 140 Å². The third-order valence-electron chi connectivity index (χ3n) is 14.4. The fourth-order valence-electron chi connectivity index (χ4n) is 9.37. The van der Waals surface area contributed by atoms with Crippen LogP contribution in [0.15, 0.2) is 0 Å². The molecule has 0 aliphatic heterocycles. The zero-order valence-electron chi connectivity index (χ0n) is 50.9. The molecule has 0 bridgehead atoms. The van der Waals surface area contributed by atoms with Crippen LogP contribution < -0.4 is 5.32 Å². The van der Waals surface area contributed by atoms with Gasteiger partial charge in [0.25, 0.3) is 0 Å². The average molecular weight is 1080 g/mol. The minimum absolute atomic E-state index is 0.119. The Kier molecular flexibility index (Phi) is 62.5. The number of ether oxygens (including phenoxy) is 6. The number of hydrogen-bond acceptors (Lipinski definition) is 12. The SMILES string of the molecule is CCCCCCCCOCCCCCCCCOC(=O)CCNCCCN(C)CCCN(CCC(=O)OCCCCCCCCOCCCCCCCC)CCC(=O)OCCCCCCCCOCCCCCCCC. The number of unbranched alkanes of at least 4 members (excludes halogenated alkanes) is 30. The maximum Gasteiger partial charge on any atom is 0.307 e. The van der Waals surface area contributed by atoms with Crippen molar-refractivity contribution in [3.05, 3.63) is 0 Å². The highest BCUT2D eigenvalue weighted by Crippen LogP contribution is 2.12. The first-order valence-corrected chi connectivity index (χ1v) is 32.7. The normalized spacial score (nSPS) is 11.6. The van der Waals surface area contributed by atoms with E-state index in [1.54, 1.807) is 0 Å². The summed E-state index contributed by atoms with van der Waals surface area (Å²) in [7, 11) is 2.14. The third-order valence-corrected chi connectivity index (χ3v) is 14.4. The second-order valence-electron chi connectivity index (χ2n) is 22.0. The Labute approximate surface area is 470 Å². The molecule has 0 saturated carbocycles. The van der Waals surface area contributed by atoms with E-state index in [1.165, 1.54) is 161 Å². The molecule has 76 heavy (non-hydrogen) atoms. The Bertz CT molecular complexity index is 1130. The largest absolute Gasteiger partial charge is 0.466 e. The molecule has 0 aromatic carbocycles. The van der Waals surface area contributed by atoms with E-state index in [0.717, 1.165) is 149 Å². The van der Waals surface area contributed by atoms with Gasteiger partial charge in [-0.2, -0.15) is 0 Å². The van der Waals surface area contributed by atoms with Crippen LogP contribution in [0.4, 0.5) is 0 Å². The van der Waals surface area contributed by atoms with Crippen molar-refractivity contribution in [3.63, 3.8) is 0 Å². The number of carbonyl (C=O) groups is 3. The van der Waals surface area contributed by atoms with Gasteiger partial charge in [0, 0.05) is 59.3 Å². The minimum atomic E-state index is -0.162. The fraction of sp³-hybridized carbons (Fsp3) is 0.953. The molecule has 0 aromatic heterocycles. The lowest BCUT2D eigenvalue weighted by molar-refractivity contribution is -0.145. The molecule has 0 aromatic rings. The van der Waals surface area contributed by atoms with Crippen LogP contribution >= 0.6 is 0 Å². The lowest BCUT2D eigenvalue weighted by Gasteiger charge is -2.23. The molecule has 0 amide bonds. The lowest BCUT2D eigenvalue weighted by atomic mass is 10.1. The van der Waals surface area contributed by atoms with Crippen LogP contribution in [0.2, 0.25) is 0 Å². The van der Waals surface area contributed by atoms with E-state index in [1.807, 2.05) is 0 Å². The highest BCUT2D eigenvalue weighted by Gasteiger charge is 2.13. The van der Waals surface area contributed by atoms with Gasteiger partial charge in [-0.25, -0.2) is 0 Å². The molecular formula is C64H127N3O9. The zero-order chi connectivity index (χ0) is 55.1. The topological polar surface area (TPSA) is 125 Å². The molecule has 452 valence electrons. The molecule has 1 N–H and O–H groups in total. The summed E-state index contributed by atoms with van der Waals surface area (Å²) in [5.74, 6) is -0.442. The van der Waals surface area contributed by atoms with Gasteiger partial charge in [-0.3, -0.25) is 14.4 Å². The van der Waals surface area contributed by atoms with Gasteiger partial charge in [-0.05, 0) is 104 Å². The van der Waals surface area contributed by atoms with Crippen molar-refractivity contribution >= 4 is 17.9 Å². The number of esters is 3. The van der Waals surface area contributed by atoms with E-state index in [-0.39, 0.29) is 17.9 Å². The van der Waals surface area contributed by atoms with E-state index >= 15 is 0 Å². The standard InChI is InChI=1S/C64H127N3O9/c1-5-8-11-14-23-32-53-71-56-35-26-17-20-29-38-59-74-62(68)43-47-65-46-41-48-66(4)49-42-50-67(51-44-63(69)75-60-39-30-21-18-27-36-57-72-54-33-24-15-12-9-6-2)52-45-64(70)76-61-40-31-22-19-28-37-58-73-55-34-25-16-13-10-7-3/h65H,5-61H2,1-4H3. The highest BCUT2D eigenvalue weighted by atomic mass is 16.5. The molecule has 0 aliphatic rings. The average Bonchev–Trinajstić information content (AvgIpc) is 3.41. The van der Waals surface area contributed by atoms with Gasteiger partial charge >= 0.3 is 17.9 Å². The van der Waals surface area contributed by atoms with Crippen molar-refractivity contribution in [1.82, 2.24) is 15.1 Å². The van der Waals surface area contributed by atoms with Crippen molar-refractivity contribution in [1.29, 1.82) is 0 Å². The van der Waals surface area contributed by atoms with Crippen LogP contribution in [0.3, 0.4) is 0 Å². The van der Waals surface area contributed by atoms with Gasteiger partial charge in [0.15, 0.2) is 0 Å². The van der Waals surface area contributed by atoms with Gasteiger partial charge in [0.1, 0.15) is 0 Å². The summed E-state index contributed by atoms with van der Waals surface area (Å²) in [4.78, 5) is 42.3. The smallest absolute Gasteiger partial charge is 0.307 e. The van der Waals surface area contributed by atoms with Crippen molar-refractivity contribution in [3.8, 4) is 0 Å². The summed E-state index contributed by atoms with van der Waals surface area (Å²) in [6, 6.07) is 0.